The number of rotatable bonds is 7. The summed E-state index contributed by atoms with van der Waals surface area (Å²) < 4.78 is 11.4. The molecule has 2 aliphatic rings. The lowest BCUT2D eigenvalue weighted by molar-refractivity contribution is 0.0322. The van der Waals surface area contributed by atoms with E-state index in [1.165, 1.54) is 16.3 Å². The molecule has 2 aliphatic heterocycles. The molecule has 1 atom stereocenters. The Hall–Kier alpha value is -2.96. The van der Waals surface area contributed by atoms with Gasteiger partial charge in [0.05, 0.1) is 13.2 Å². The maximum Gasteiger partial charge on any atom is 0.253 e. The molecule has 1 amide bonds. The number of amides is 1. The van der Waals surface area contributed by atoms with E-state index in [2.05, 4.69) is 34.1 Å². The second-order valence-corrected chi connectivity index (χ2v) is 9.68. The number of carbonyl (C=O) groups is 1. The monoisotopic (exact) mass is 473 g/mol. The molecular weight excluding hydrogens is 438 g/mol. The number of benzene rings is 2. The molecule has 2 saturated heterocycles. The minimum Gasteiger partial charge on any atom is -0.492 e. The first-order chi connectivity index (χ1) is 17.2. The number of fused-ring (bicyclic) bond motifs is 1. The lowest BCUT2D eigenvalue weighted by Gasteiger charge is -2.26. The molecule has 2 fully saturated rings. The minimum atomic E-state index is 0.112. The molecule has 0 unspecified atom stereocenters. The molecule has 6 nitrogen and oxygen atoms in total. The van der Waals surface area contributed by atoms with Gasteiger partial charge in [-0.2, -0.15) is 0 Å². The molecule has 5 rings (SSSR count). The fourth-order valence-corrected chi connectivity index (χ4v) is 5.19. The molecule has 3 heterocycles. The van der Waals surface area contributed by atoms with Crippen LogP contribution in [-0.4, -0.2) is 73.2 Å². The Morgan fingerprint density at radius 2 is 1.91 bits per heavy atom. The van der Waals surface area contributed by atoms with Crippen molar-refractivity contribution >= 4 is 16.7 Å². The highest BCUT2D eigenvalue weighted by atomic mass is 16.5. The molecule has 35 heavy (non-hydrogen) atoms. The van der Waals surface area contributed by atoms with Gasteiger partial charge in [-0.05, 0) is 72.9 Å². The van der Waals surface area contributed by atoms with Gasteiger partial charge >= 0.3 is 0 Å². The summed E-state index contributed by atoms with van der Waals surface area (Å²) in [5.41, 5.74) is 2.08. The predicted molar refractivity (Wildman–Crippen MR) is 138 cm³/mol. The number of nitrogens with zero attached hydrogens (tertiary/aromatic N) is 3. The van der Waals surface area contributed by atoms with Crippen LogP contribution in [0.1, 0.15) is 35.2 Å². The van der Waals surface area contributed by atoms with E-state index in [1.807, 2.05) is 41.6 Å². The summed E-state index contributed by atoms with van der Waals surface area (Å²) in [6.45, 7) is 6.61. The Morgan fingerprint density at radius 3 is 2.83 bits per heavy atom. The van der Waals surface area contributed by atoms with E-state index in [9.17, 15) is 4.79 Å². The van der Waals surface area contributed by atoms with E-state index in [1.54, 1.807) is 0 Å². The van der Waals surface area contributed by atoms with Crippen LogP contribution in [-0.2, 0) is 11.2 Å². The molecular formula is C29H35N3O3. The van der Waals surface area contributed by atoms with Gasteiger partial charge in [-0.15, -0.1) is 0 Å². The van der Waals surface area contributed by atoms with E-state index >= 15 is 0 Å². The minimum absolute atomic E-state index is 0.112. The molecule has 6 heteroatoms. The molecule has 1 aromatic heterocycles. The standard InChI is InChI=1S/C29H35N3O3/c33-29(26-4-1-5-28(21-26)35-18-15-31-13-16-34-17-14-31)32-11-2-3-23(9-12-32)19-24-6-7-25-8-10-30-22-27(25)20-24/h1,4-8,10,20-23H,2-3,9,11-19H2/t23-/m0/s1. The fourth-order valence-electron chi connectivity index (χ4n) is 5.19. The molecule has 0 radical (unpaired) electrons. The number of carbonyl (C=O) groups excluding carboxylic acids is 1. The van der Waals surface area contributed by atoms with Crippen LogP contribution < -0.4 is 4.74 Å². The van der Waals surface area contributed by atoms with Crippen molar-refractivity contribution in [2.24, 2.45) is 5.92 Å². The van der Waals surface area contributed by atoms with E-state index in [4.69, 9.17) is 9.47 Å². The van der Waals surface area contributed by atoms with Gasteiger partial charge in [0.1, 0.15) is 12.4 Å². The molecule has 0 aliphatic carbocycles. The zero-order valence-electron chi connectivity index (χ0n) is 20.4. The van der Waals surface area contributed by atoms with Crippen molar-refractivity contribution in [2.45, 2.75) is 25.7 Å². The van der Waals surface area contributed by atoms with E-state index in [0.717, 1.165) is 77.4 Å². The van der Waals surface area contributed by atoms with Crippen molar-refractivity contribution in [1.29, 1.82) is 0 Å². The maximum atomic E-state index is 13.3. The van der Waals surface area contributed by atoms with Crippen LogP contribution >= 0.6 is 0 Å². The first kappa shape index (κ1) is 23.8. The smallest absolute Gasteiger partial charge is 0.253 e. The number of likely N-dealkylation sites (tertiary alicyclic amines) is 1. The number of ether oxygens (including phenoxy) is 2. The molecule has 0 saturated carbocycles. The quantitative estimate of drug-likeness (QED) is 0.508. The van der Waals surface area contributed by atoms with Gasteiger partial charge in [0.2, 0.25) is 0 Å². The Morgan fingerprint density at radius 1 is 1.00 bits per heavy atom. The van der Waals surface area contributed by atoms with Gasteiger partial charge in [-0.25, -0.2) is 0 Å². The second-order valence-electron chi connectivity index (χ2n) is 9.68. The van der Waals surface area contributed by atoms with Gasteiger partial charge in [0.25, 0.3) is 5.91 Å². The Kier molecular flexibility index (Phi) is 7.91. The van der Waals surface area contributed by atoms with Gasteiger partial charge in [-0.1, -0.05) is 18.2 Å². The Labute approximate surface area is 207 Å². The Bertz CT molecular complexity index is 1130. The number of hydrogen-bond acceptors (Lipinski definition) is 5. The van der Waals surface area contributed by atoms with Crippen molar-refractivity contribution in [2.75, 3.05) is 52.5 Å². The summed E-state index contributed by atoms with van der Waals surface area (Å²) >= 11 is 0. The average molecular weight is 474 g/mol. The summed E-state index contributed by atoms with van der Waals surface area (Å²) in [5.74, 6) is 1.47. The molecule has 0 bridgehead atoms. The van der Waals surface area contributed by atoms with Gasteiger partial charge < -0.3 is 14.4 Å². The van der Waals surface area contributed by atoms with Crippen LogP contribution in [0.5, 0.6) is 5.75 Å². The van der Waals surface area contributed by atoms with Crippen molar-refractivity contribution in [3.05, 3.63) is 72.1 Å². The largest absolute Gasteiger partial charge is 0.492 e. The van der Waals surface area contributed by atoms with Crippen molar-refractivity contribution < 1.29 is 14.3 Å². The lowest BCUT2D eigenvalue weighted by Crippen LogP contribution is -2.38. The molecule has 0 spiro atoms. The number of hydrogen-bond donors (Lipinski definition) is 0. The summed E-state index contributed by atoms with van der Waals surface area (Å²) in [7, 11) is 0. The van der Waals surface area contributed by atoms with Crippen LogP contribution in [0.25, 0.3) is 10.8 Å². The summed E-state index contributed by atoms with van der Waals surface area (Å²) in [4.78, 5) is 21.9. The molecule has 2 aromatic carbocycles. The zero-order valence-corrected chi connectivity index (χ0v) is 20.4. The first-order valence-electron chi connectivity index (χ1n) is 12.9. The fraction of sp³-hybridized carbons (Fsp3) is 0.448. The number of aromatic nitrogens is 1. The molecule has 3 aromatic rings. The summed E-state index contributed by atoms with van der Waals surface area (Å²) in [5, 5.41) is 2.43. The van der Waals surface area contributed by atoms with Crippen LogP contribution in [0, 0.1) is 5.92 Å². The van der Waals surface area contributed by atoms with E-state index in [-0.39, 0.29) is 5.91 Å². The maximum absolute atomic E-state index is 13.3. The second kappa shape index (κ2) is 11.6. The highest BCUT2D eigenvalue weighted by molar-refractivity contribution is 5.94. The van der Waals surface area contributed by atoms with Crippen LogP contribution in [0.4, 0.5) is 0 Å². The highest BCUT2D eigenvalue weighted by Gasteiger charge is 2.22. The van der Waals surface area contributed by atoms with Crippen molar-refractivity contribution in [1.82, 2.24) is 14.8 Å². The third-order valence-corrected chi connectivity index (χ3v) is 7.23. The lowest BCUT2D eigenvalue weighted by atomic mass is 9.92. The van der Waals surface area contributed by atoms with Crippen molar-refractivity contribution in [3.63, 3.8) is 0 Å². The van der Waals surface area contributed by atoms with Crippen LogP contribution in [0.15, 0.2) is 60.9 Å². The normalized spacial score (nSPS) is 19.4. The zero-order chi connectivity index (χ0) is 23.9. The number of pyridine rings is 1. The topological polar surface area (TPSA) is 54.9 Å². The SMILES string of the molecule is O=C(c1cccc(OCCN2CCOCC2)c1)N1CCC[C@H](Cc2ccc3ccncc3c2)CC1. The predicted octanol–water partition coefficient (Wildman–Crippen LogP) is 4.43. The molecule has 0 N–H and O–H groups in total. The molecule has 184 valence electrons. The first-order valence-corrected chi connectivity index (χ1v) is 12.9. The third-order valence-electron chi connectivity index (χ3n) is 7.23. The third kappa shape index (κ3) is 6.38. The van der Waals surface area contributed by atoms with Crippen LogP contribution in [0.3, 0.4) is 0 Å². The van der Waals surface area contributed by atoms with Crippen LogP contribution in [0.2, 0.25) is 0 Å². The van der Waals surface area contributed by atoms with Crippen molar-refractivity contribution in [3.8, 4) is 5.75 Å². The highest BCUT2D eigenvalue weighted by Crippen LogP contribution is 2.25. The van der Waals surface area contributed by atoms with Gasteiger partial charge in [-0.3, -0.25) is 14.7 Å². The summed E-state index contributed by atoms with van der Waals surface area (Å²) in [6, 6.07) is 16.4. The average Bonchev–Trinajstić information content (AvgIpc) is 3.14. The van der Waals surface area contributed by atoms with E-state index in [0.29, 0.717) is 18.1 Å². The van der Waals surface area contributed by atoms with E-state index < -0.39 is 0 Å². The van der Waals surface area contributed by atoms with Gasteiger partial charge in [0.15, 0.2) is 0 Å². The van der Waals surface area contributed by atoms with Gasteiger partial charge in [0, 0.05) is 56.1 Å². The summed E-state index contributed by atoms with van der Waals surface area (Å²) in [6.07, 6.45) is 8.06. The Balaban J connectivity index is 1.14. The number of morpholine rings is 1.